The average Bonchev–Trinajstić information content (AvgIpc) is 2.82. The van der Waals surface area contributed by atoms with Gasteiger partial charge >= 0.3 is 5.97 Å². The van der Waals surface area contributed by atoms with Crippen molar-refractivity contribution >= 4 is 29.4 Å². The lowest BCUT2D eigenvalue weighted by Crippen LogP contribution is -2.38. The van der Waals surface area contributed by atoms with Crippen LogP contribution in [0.1, 0.15) is 29.5 Å². The maximum atomic E-state index is 13.7. The Kier molecular flexibility index (Phi) is 7.85. The molecule has 0 aliphatic rings. The quantitative estimate of drug-likeness (QED) is 0.388. The molecule has 0 heterocycles. The molecule has 3 aromatic carbocycles. The van der Waals surface area contributed by atoms with Crippen molar-refractivity contribution < 1.29 is 19.4 Å². The first kappa shape index (κ1) is 23.3. The Hall–Kier alpha value is -3.37. The zero-order valence-corrected chi connectivity index (χ0v) is 18.6. The molecule has 164 valence electrons. The molecular weight excluding hydrogens is 424 g/mol. The van der Waals surface area contributed by atoms with Crippen LogP contribution >= 0.6 is 11.6 Å². The summed E-state index contributed by atoms with van der Waals surface area (Å²) in [7, 11) is 1.60. The second-order valence-electron chi connectivity index (χ2n) is 7.58. The minimum atomic E-state index is -1.06. The number of carbonyl (C=O) groups is 2. The van der Waals surface area contributed by atoms with Crippen molar-refractivity contribution in [3.63, 3.8) is 0 Å². The van der Waals surface area contributed by atoms with Gasteiger partial charge in [0.05, 0.1) is 12.5 Å². The molecule has 0 bridgehead atoms. The summed E-state index contributed by atoms with van der Waals surface area (Å²) >= 11 is 6.43. The van der Waals surface area contributed by atoms with Crippen LogP contribution in [0.3, 0.4) is 0 Å². The van der Waals surface area contributed by atoms with Crippen LogP contribution in [0, 0.1) is 0 Å². The Labute approximate surface area is 193 Å². The first-order chi connectivity index (χ1) is 15.4. The Bertz CT molecular complexity index is 1090. The second kappa shape index (κ2) is 10.8. The van der Waals surface area contributed by atoms with Gasteiger partial charge in [-0.25, -0.2) is 0 Å². The molecule has 5 heteroatoms. The summed E-state index contributed by atoms with van der Waals surface area (Å²) in [6.45, 7) is 0. The molecule has 1 atom stereocenters. The number of allylic oxidation sites excluding steroid dienone is 1. The Morgan fingerprint density at radius 3 is 2.25 bits per heavy atom. The molecule has 32 heavy (non-hydrogen) atoms. The molecule has 4 nitrogen and oxygen atoms in total. The predicted octanol–water partition coefficient (Wildman–Crippen LogP) is 5.98. The van der Waals surface area contributed by atoms with Crippen LogP contribution in [0.5, 0.6) is 5.75 Å². The van der Waals surface area contributed by atoms with E-state index in [1.54, 1.807) is 19.3 Å². The third-order valence-corrected chi connectivity index (χ3v) is 5.93. The van der Waals surface area contributed by atoms with Gasteiger partial charge in [-0.15, -0.1) is 0 Å². The molecule has 0 aliphatic carbocycles. The number of ether oxygens (including phenoxy) is 1. The molecule has 0 radical (unpaired) electrons. The summed E-state index contributed by atoms with van der Waals surface area (Å²) in [6.07, 6.45) is 3.60. The third kappa shape index (κ3) is 5.65. The fourth-order valence-electron chi connectivity index (χ4n) is 3.78. The minimum Gasteiger partial charge on any atom is -0.497 e. The molecule has 0 aromatic heterocycles. The van der Waals surface area contributed by atoms with Crippen molar-refractivity contribution in [3.05, 3.63) is 107 Å². The van der Waals surface area contributed by atoms with Gasteiger partial charge in [-0.2, -0.15) is 0 Å². The molecule has 1 N–H and O–H groups in total. The van der Waals surface area contributed by atoms with Crippen molar-refractivity contribution in [1.29, 1.82) is 0 Å². The number of ketones is 1. The summed E-state index contributed by atoms with van der Waals surface area (Å²) in [6, 6.07) is 24.1. The molecule has 0 aliphatic heterocycles. The molecular formula is C27H25ClO4. The van der Waals surface area contributed by atoms with E-state index in [0.717, 1.165) is 22.4 Å². The lowest BCUT2D eigenvalue weighted by atomic mass is 9.69. The predicted molar refractivity (Wildman–Crippen MR) is 127 cm³/mol. The summed E-state index contributed by atoms with van der Waals surface area (Å²) in [5.41, 5.74) is 1.35. The zero-order chi connectivity index (χ0) is 23.0. The van der Waals surface area contributed by atoms with Crippen LogP contribution in [0.4, 0.5) is 0 Å². The number of carboxylic acid groups (broad SMARTS) is 1. The van der Waals surface area contributed by atoms with E-state index in [2.05, 4.69) is 0 Å². The van der Waals surface area contributed by atoms with E-state index in [4.69, 9.17) is 16.3 Å². The van der Waals surface area contributed by atoms with Gasteiger partial charge in [-0.05, 0) is 53.8 Å². The standard InChI is InChI=1S/C27H25ClO4/c1-32-23-14-11-20(12-15-23)13-16-25(29)27(18-17-26(30)31,22-8-3-2-4-9-22)19-21-7-5-6-10-24(21)28/h2-16H,17-19H2,1H3,(H,30,31). The fraction of sp³-hybridized carbons (Fsp3) is 0.185. The molecule has 0 saturated carbocycles. The minimum absolute atomic E-state index is 0.137. The van der Waals surface area contributed by atoms with Crippen LogP contribution in [0.15, 0.2) is 84.9 Å². The number of carboxylic acids is 1. The highest BCUT2D eigenvalue weighted by Crippen LogP contribution is 2.37. The van der Waals surface area contributed by atoms with Gasteiger partial charge in [0.15, 0.2) is 5.78 Å². The number of halogens is 1. The number of carbonyl (C=O) groups excluding carboxylic acids is 1. The first-order valence-corrected chi connectivity index (χ1v) is 10.7. The smallest absolute Gasteiger partial charge is 0.303 e. The average molecular weight is 449 g/mol. The monoisotopic (exact) mass is 448 g/mol. The largest absolute Gasteiger partial charge is 0.497 e. The van der Waals surface area contributed by atoms with Crippen molar-refractivity contribution in [1.82, 2.24) is 0 Å². The van der Waals surface area contributed by atoms with E-state index >= 15 is 0 Å². The molecule has 0 amide bonds. The van der Waals surface area contributed by atoms with E-state index in [-0.39, 0.29) is 18.6 Å². The van der Waals surface area contributed by atoms with Crippen molar-refractivity contribution in [3.8, 4) is 5.75 Å². The van der Waals surface area contributed by atoms with E-state index in [1.807, 2.05) is 72.8 Å². The SMILES string of the molecule is COc1ccc(C=CC(=O)C(CCC(=O)O)(Cc2ccccc2Cl)c2ccccc2)cc1. The Morgan fingerprint density at radius 2 is 1.62 bits per heavy atom. The highest BCUT2D eigenvalue weighted by molar-refractivity contribution is 6.31. The first-order valence-electron chi connectivity index (χ1n) is 10.3. The van der Waals surface area contributed by atoms with E-state index < -0.39 is 11.4 Å². The highest BCUT2D eigenvalue weighted by atomic mass is 35.5. The van der Waals surface area contributed by atoms with Crippen molar-refractivity contribution in [2.75, 3.05) is 7.11 Å². The molecule has 0 fully saturated rings. The van der Waals surface area contributed by atoms with Gasteiger partial charge in [0, 0.05) is 11.4 Å². The lowest BCUT2D eigenvalue weighted by Gasteiger charge is -2.32. The summed E-state index contributed by atoms with van der Waals surface area (Å²) in [4.78, 5) is 25.2. The fourth-order valence-corrected chi connectivity index (χ4v) is 3.98. The molecule has 1 unspecified atom stereocenters. The normalized spacial score (nSPS) is 12.9. The van der Waals surface area contributed by atoms with Crippen LogP contribution in [0.2, 0.25) is 5.02 Å². The van der Waals surface area contributed by atoms with Crippen LogP contribution < -0.4 is 4.74 Å². The van der Waals surface area contributed by atoms with Gasteiger partial charge in [0.1, 0.15) is 5.75 Å². The Morgan fingerprint density at radius 1 is 0.969 bits per heavy atom. The van der Waals surface area contributed by atoms with Gasteiger partial charge < -0.3 is 9.84 Å². The van der Waals surface area contributed by atoms with Crippen LogP contribution in [-0.4, -0.2) is 24.0 Å². The zero-order valence-electron chi connectivity index (χ0n) is 17.8. The Balaban J connectivity index is 2.05. The third-order valence-electron chi connectivity index (χ3n) is 5.56. The van der Waals surface area contributed by atoms with Crippen LogP contribution in [-0.2, 0) is 21.4 Å². The van der Waals surface area contributed by atoms with E-state index in [1.165, 1.54) is 6.08 Å². The summed E-state index contributed by atoms with van der Waals surface area (Å²) in [5, 5.41) is 9.97. The molecule has 0 saturated heterocycles. The summed E-state index contributed by atoms with van der Waals surface area (Å²) < 4.78 is 5.18. The van der Waals surface area contributed by atoms with Crippen LogP contribution in [0.25, 0.3) is 6.08 Å². The maximum absolute atomic E-state index is 13.7. The number of aliphatic carboxylic acids is 1. The van der Waals surface area contributed by atoms with Crippen molar-refractivity contribution in [2.45, 2.75) is 24.7 Å². The van der Waals surface area contributed by atoms with Gasteiger partial charge in [0.25, 0.3) is 0 Å². The number of benzene rings is 3. The number of rotatable bonds is 10. The van der Waals surface area contributed by atoms with Gasteiger partial charge in [-0.3, -0.25) is 9.59 Å². The highest BCUT2D eigenvalue weighted by Gasteiger charge is 2.39. The molecule has 3 aromatic rings. The maximum Gasteiger partial charge on any atom is 0.303 e. The van der Waals surface area contributed by atoms with E-state index in [9.17, 15) is 14.7 Å². The number of hydrogen-bond acceptors (Lipinski definition) is 3. The van der Waals surface area contributed by atoms with Gasteiger partial charge in [0.2, 0.25) is 0 Å². The number of hydrogen-bond donors (Lipinski definition) is 1. The molecule has 0 spiro atoms. The van der Waals surface area contributed by atoms with Crippen molar-refractivity contribution in [2.24, 2.45) is 0 Å². The lowest BCUT2D eigenvalue weighted by molar-refractivity contribution is -0.137. The topological polar surface area (TPSA) is 63.6 Å². The second-order valence-corrected chi connectivity index (χ2v) is 7.99. The van der Waals surface area contributed by atoms with E-state index in [0.29, 0.717) is 11.4 Å². The summed E-state index contributed by atoms with van der Waals surface area (Å²) in [5.74, 6) is -0.385. The van der Waals surface area contributed by atoms with Gasteiger partial charge in [-0.1, -0.05) is 78.3 Å². The number of methoxy groups -OCH3 is 1. The molecule has 3 rings (SSSR count).